The van der Waals surface area contributed by atoms with E-state index in [4.69, 9.17) is 9.47 Å². The van der Waals surface area contributed by atoms with E-state index >= 15 is 0 Å². The molecule has 0 aliphatic carbocycles. The van der Waals surface area contributed by atoms with Crippen LogP contribution in [-0.2, 0) is 19.6 Å². The van der Waals surface area contributed by atoms with Crippen LogP contribution in [0.3, 0.4) is 0 Å². The fraction of sp³-hybridized carbons (Fsp3) is 0.619. The number of fused-ring (bicyclic) bond motifs is 5. The first kappa shape index (κ1) is 23.0. The molecule has 0 radical (unpaired) electrons. The predicted molar refractivity (Wildman–Crippen MR) is 117 cm³/mol. The summed E-state index contributed by atoms with van der Waals surface area (Å²) >= 11 is 0. The first-order valence-corrected chi connectivity index (χ1v) is 12.8. The van der Waals surface area contributed by atoms with E-state index < -0.39 is 28.2 Å². The topological polar surface area (TPSA) is 135 Å². The number of ether oxygens (including phenoxy) is 2. The molecular formula is C21H30N4O6S. The average molecular weight is 467 g/mol. The molecule has 3 heterocycles. The number of amides is 2. The Balaban J connectivity index is 1.53. The molecule has 2 fully saturated rings. The van der Waals surface area contributed by atoms with E-state index in [1.54, 1.807) is 18.2 Å². The molecule has 1 aromatic rings. The highest BCUT2D eigenvalue weighted by Crippen LogP contribution is 2.24. The van der Waals surface area contributed by atoms with Crippen LogP contribution >= 0.6 is 0 Å². The zero-order valence-electron chi connectivity index (χ0n) is 18.0. The summed E-state index contributed by atoms with van der Waals surface area (Å²) in [5, 5.41) is 9.00. The summed E-state index contributed by atoms with van der Waals surface area (Å²) in [4.78, 5) is 25.5. The monoisotopic (exact) mass is 466 g/mol. The molecule has 0 saturated carbocycles. The standard InChI is InChI=1S/C21H30N4O6S/c1-32(28,29)25-16-7-6-14-8-9-30-18-5-3-2-4-15(18)20(26)24-13-10-17(22-11-13)21(27)23-12-19(16)31-14/h2-5,13-14,16-17,19,22,25H,6-12H2,1H3,(H,23,27)(H,24,26)/t13-,14-,16+,17-,19+/m0/s1. The summed E-state index contributed by atoms with van der Waals surface area (Å²) in [5.41, 5.74) is 0.451. The second-order valence-electron chi connectivity index (χ2n) is 8.62. The zero-order chi connectivity index (χ0) is 22.7. The highest BCUT2D eigenvalue weighted by molar-refractivity contribution is 7.88. The second-order valence-corrected chi connectivity index (χ2v) is 10.4. The Morgan fingerprint density at radius 1 is 1.09 bits per heavy atom. The number of rotatable bonds is 2. The van der Waals surface area contributed by atoms with Crippen molar-refractivity contribution in [2.75, 3.05) is 26.0 Å². The van der Waals surface area contributed by atoms with Gasteiger partial charge in [0.15, 0.2) is 0 Å². The normalized spacial score (nSPS) is 31.7. The molecule has 0 spiro atoms. The van der Waals surface area contributed by atoms with E-state index in [1.165, 1.54) is 0 Å². The summed E-state index contributed by atoms with van der Waals surface area (Å²) in [6.07, 6.45) is 2.80. The van der Waals surface area contributed by atoms with Crippen molar-refractivity contribution in [3.05, 3.63) is 29.8 Å². The van der Waals surface area contributed by atoms with Crippen LogP contribution in [0.2, 0.25) is 0 Å². The van der Waals surface area contributed by atoms with Gasteiger partial charge in [0.25, 0.3) is 5.91 Å². The molecule has 32 heavy (non-hydrogen) atoms. The molecule has 0 unspecified atom stereocenters. The number of sulfonamides is 1. The van der Waals surface area contributed by atoms with Gasteiger partial charge in [0.2, 0.25) is 15.9 Å². The van der Waals surface area contributed by atoms with E-state index in [2.05, 4.69) is 20.7 Å². The number of benzene rings is 1. The zero-order valence-corrected chi connectivity index (χ0v) is 18.8. The van der Waals surface area contributed by atoms with Crippen molar-refractivity contribution in [1.82, 2.24) is 20.7 Å². The fourth-order valence-electron chi connectivity index (χ4n) is 4.49. The molecule has 3 aliphatic heterocycles. The highest BCUT2D eigenvalue weighted by atomic mass is 32.2. The first-order chi connectivity index (χ1) is 15.3. The van der Waals surface area contributed by atoms with Gasteiger partial charge >= 0.3 is 0 Å². The molecule has 5 atom stereocenters. The maximum absolute atomic E-state index is 12.8. The minimum atomic E-state index is -3.41. The van der Waals surface area contributed by atoms with Crippen LogP contribution in [0.1, 0.15) is 36.0 Å². The van der Waals surface area contributed by atoms with Crippen LogP contribution in [-0.4, -0.2) is 76.5 Å². The molecule has 4 bridgehead atoms. The largest absolute Gasteiger partial charge is 0.493 e. The van der Waals surface area contributed by atoms with Crippen LogP contribution in [0.4, 0.5) is 0 Å². The summed E-state index contributed by atoms with van der Waals surface area (Å²) < 4.78 is 38.3. The van der Waals surface area contributed by atoms with Gasteiger partial charge in [-0.15, -0.1) is 0 Å². The SMILES string of the molecule is CS(=O)(=O)N[C@@H]1CC[C@H]2CCOc3ccccc3C(=O)N[C@@H]3CN[C@@H](C3)C(=O)NC[C@H]1O2. The summed E-state index contributed by atoms with van der Waals surface area (Å²) in [5.74, 6) is 0.0759. The third-order valence-corrected chi connectivity index (χ3v) is 6.80. The molecule has 2 amide bonds. The summed E-state index contributed by atoms with van der Waals surface area (Å²) in [7, 11) is -3.41. The number of carbonyl (C=O) groups is 2. The van der Waals surface area contributed by atoms with Crippen molar-refractivity contribution >= 4 is 21.8 Å². The Morgan fingerprint density at radius 2 is 1.91 bits per heavy atom. The van der Waals surface area contributed by atoms with Gasteiger partial charge in [-0.2, -0.15) is 0 Å². The lowest BCUT2D eigenvalue weighted by Gasteiger charge is -2.37. The molecule has 4 N–H and O–H groups in total. The van der Waals surface area contributed by atoms with E-state index in [-0.39, 0.29) is 30.5 Å². The van der Waals surface area contributed by atoms with Gasteiger partial charge in [-0.05, 0) is 31.4 Å². The van der Waals surface area contributed by atoms with Crippen LogP contribution in [0.5, 0.6) is 5.75 Å². The lowest BCUT2D eigenvalue weighted by Crippen LogP contribution is -2.54. The minimum Gasteiger partial charge on any atom is -0.493 e. The maximum atomic E-state index is 12.8. The second kappa shape index (κ2) is 9.74. The summed E-state index contributed by atoms with van der Waals surface area (Å²) in [6.45, 7) is 1.03. The first-order valence-electron chi connectivity index (χ1n) is 10.9. The van der Waals surface area contributed by atoms with Crippen LogP contribution < -0.4 is 25.4 Å². The third-order valence-electron chi connectivity index (χ3n) is 6.07. The Kier molecular flexibility index (Phi) is 6.99. The summed E-state index contributed by atoms with van der Waals surface area (Å²) in [6, 6.07) is 6.04. The average Bonchev–Trinajstić information content (AvgIpc) is 3.20. The molecule has 2 saturated heterocycles. The minimum absolute atomic E-state index is 0.141. The molecule has 11 heteroatoms. The number of carbonyl (C=O) groups excluding carboxylic acids is 2. The molecule has 4 rings (SSSR count). The van der Waals surface area contributed by atoms with E-state index in [0.29, 0.717) is 50.1 Å². The van der Waals surface area contributed by atoms with Crippen molar-refractivity contribution in [3.8, 4) is 5.75 Å². The van der Waals surface area contributed by atoms with E-state index in [9.17, 15) is 18.0 Å². The van der Waals surface area contributed by atoms with Gasteiger partial charge in [0, 0.05) is 31.6 Å². The molecule has 10 nitrogen and oxygen atoms in total. The van der Waals surface area contributed by atoms with Crippen molar-refractivity contribution in [3.63, 3.8) is 0 Å². The van der Waals surface area contributed by atoms with E-state index in [0.717, 1.165) is 6.26 Å². The molecular weight excluding hydrogens is 436 g/mol. The van der Waals surface area contributed by atoms with Gasteiger partial charge < -0.3 is 25.4 Å². The highest BCUT2D eigenvalue weighted by Gasteiger charge is 2.35. The van der Waals surface area contributed by atoms with Crippen LogP contribution in [0.25, 0.3) is 0 Å². The van der Waals surface area contributed by atoms with Gasteiger partial charge in [0.05, 0.1) is 36.7 Å². The Bertz CT molecular complexity index is 955. The van der Waals surface area contributed by atoms with Crippen molar-refractivity contribution in [1.29, 1.82) is 0 Å². The predicted octanol–water partition coefficient (Wildman–Crippen LogP) is -0.489. The number of hydrogen-bond donors (Lipinski definition) is 4. The number of hydrogen-bond acceptors (Lipinski definition) is 7. The third kappa shape index (κ3) is 5.77. The van der Waals surface area contributed by atoms with Gasteiger partial charge in [-0.1, -0.05) is 12.1 Å². The Morgan fingerprint density at radius 3 is 2.72 bits per heavy atom. The lowest BCUT2D eigenvalue weighted by atomic mass is 9.97. The van der Waals surface area contributed by atoms with Crippen molar-refractivity contribution in [2.45, 2.75) is 56.0 Å². The smallest absolute Gasteiger partial charge is 0.255 e. The molecule has 1 aromatic carbocycles. The van der Waals surface area contributed by atoms with Gasteiger partial charge in [-0.3, -0.25) is 9.59 Å². The Labute approximate surface area is 187 Å². The van der Waals surface area contributed by atoms with Crippen LogP contribution in [0.15, 0.2) is 24.3 Å². The Hall–Kier alpha value is -2.21. The number of nitrogens with one attached hydrogen (secondary N) is 4. The van der Waals surface area contributed by atoms with Crippen LogP contribution in [0, 0.1) is 0 Å². The van der Waals surface area contributed by atoms with Gasteiger partial charge in [0.1, 0.15) is 5.75 Å². The maximum Gasteiger partial charge on any atom is 0.255 e. The molecule has 0 aromatic heterocycles. The fourth-order valence-corrected chi connectivity index (χ4v) is 5.31. The lowest BCUT2D eigenvalue weighted by molar-refractivity contribution is -0.125. The molecule has 3 aliphatic rings. The number of para-hydroxylation sites is 1. The quantitative estimate of drug-likeness (QED) is 0.462. The van der Waals surface area contributed by atoms with Gasteiger partial charge in [-0.25, -0.2) is 13.1 Å². The van der Waals surface area contributed by atoms with Crippen molar-refractivity contribution < 1.29 is 27.5 Å². The molecule has 176 valence electrons. The van der Waals surface area contributed by atoms with Crippen molar-refractivity contribution in [2.24, 2.45) is 0 Å². The van der Waals surface area contributed by atoms with E-state index in [1.807, 2.05) is 6.07 Å².